The summed E-state index contributed by atoms with van der Waals surface area (Å²) in [5.74, 6) is -3.92. The minimum atomic E-state index is -3.92. The molecule has 5 heteroatoms. The van der Waals surface area contributed by atoms with E-state index in [4.69, 9.17) is 0 Å². The van der Waals surface area contributed by atoms with Crippen LogP contribution in [0.4, 0.5) is 13.2 Å². The maximum Gasteiger partial charge on any atom is 0.360 e. The SMILES string of the molecule is C[Si](C)(C)C[Si](C)(C)C(F)(F)F. The minimum absolute atomic E-state index is 0.434. The second kappa shape index (κ2) is 3.17. The van der Waals surface area contributed by atoms with Gasteiger partial charge in [-0.3, -0.25) is 0 Å². The molecule has 0 N–H and O–H groups in total. The Labute approximate surface area is 74.2 Å². The molecule has 0 aromatic carbocycles. The van der Waals surface area contributed by atoms with Crippen molar-refractivity contribution in [2.24, 2.45) is 0 Å². The Balaban J connectivity index is 4.44. The van der Waals surface area contributed by atoms with Crippen molar-refractivity contribution in [3.05, 3.63) is 0 Å². The number of halogens is 3. The highest BCUT2D eigenvalue weighted by Crippen LogP contribution is 2.34. The van der Waals surface area contributed by atoms with Crippen LogP contribution in [0.5, 0.6) is 0 Å². The van der Waals surface area contributed by atoms with Crippen molar-refractivity contribution in [2.75, 3.05) is 0 Å². The van der Waals surface area contributed by atoms with Crippen molar-refractivity contribution in [3.8, 4) is 0 Å². The van der Waals surface area contributed by atoms with Gasteiger partial charge in [-0.05, 0) is 0 Å². The molecule has 0 aliphatic rings. The third kappa shape index (κ3) is 3.75. The fraction of sp³-hybridized carbons (Fsp3) is 1.00. The van der Waals surface area contributed by atoms with Gasteiger partial charge in [-0.25, -0.2) is 0 Å². The predicted molar refractivity (Wildman–Crippen MR) is 51.7 cm³/mol. The van der Waals surface area contributed by atoms with Gasteiger partial charge in [-0.15, -0.1) is 0 Å². The average Bonchev–Trinajstić information content (AvgIpc) is 1.52. The first kappa shape index (κ1) is 12.2. The maximum atomic E-state index is 12.4. The summed E-state index contributed by atoms with van der Waals surface area (Å²) in [4.78, 5) is 0. The Kier molecular flexibility index (Phi) is 3.23. The van der Waals surface area contributed by atoms with Crippen molar-refractivity contribution in [1.82, 2.24) is 0 Å². The summed E-state index contributed by atoms with van der Waals surface area (Å²) in [6, 6.07) is 0. The van der Waals surface area contributed by atoms with Gasteiger partial charge in [0.05, 0.1) is 0 Å². The molecule has 74 valence electrons. The van der Waals surface area contributed by atoms with E-state index in [0.717, 1.165) is 0 Å². The zero-order valence-electron chi connectivity index (χ0n) is 8.34. The van der Waals surface area contributed by atoms with Crippen molar-refractivity contribution in [3.63, 3.8) is 0 Å². The van der Waals surface area contributed by atoms with Crippen LogP contribution in [0, 0.1) is 0 Å². The lowest BCUT2D eigenvalue weighted by Crippen LogP contribution is -2.49. The Hall–Kier alpha value is 0.224. The molecule has 0 atom stereocenters. The summed E-state index contributed by atoms with van der Waals surface area (Å²) in [5, 5.41) is 0. The van der Waals surface area contributed by atoms with E-state index in [-0.39, 0.29) is 0 Å². The van der Waals surface area contributed by atoms with Crippen LogP contribution in [0.1, 0.15) is 0 Å². The van der Waals surface area contributed by atoms with Crippen LogP contribution >= 0.6 is 0 Å². The molecule has 0 fully saturated rings. The molecule has 0 aromatic rings. The second-order valence-corrected chi connectivity index (χ2v) is 16.0. The molecule has 0 radical (unpaired) electrons. The Morgan fingerprint density at radius 3 is 1.33 bits per heavy atom. The van der Waals surface area contributed by atoms with Crippen LogP contribution in [0.25, 0.3) is 0 Å². The first-order valence-electron chi connectivity index (χ1n) is 4.02. The molecule has 12 heavy (non-hydrogen) atoms. The average molecular weight is 214 g/mol. The summed E-state index contributed by atoms with van der Waals surface area (Å²) in [6.45, 7) is 8.82. The summed E-state index contributed by atoms with van der Waals surface area (Å²) in [7, 11) is -4.54. The molecule has 0 heterocycles. The second-order valence-electron chi connectivity index (χ2n) is 5.12. The van der Waals surface area contributed by atoms with E-state index in [1.165, 1.54) is 13.1 Å². The highest BCUT2D eigenvalue weighted by atomic mass is 28.4. The molecule has 0 aliphatic carbocycles. The molecule has 0 spiro atoms. The van der Waals surface area contributed by atoms with E-state index in [9.17, 15) is 13.2 Å². The zero-order chi connectivity index (χ0) is 10.2. The fourth-order valence-corrected chi connectivity index (χ4v) is 12.8. The quantitative estimate of drug-likeness (QED) is 0.615. The standard InChI is InChI=1S/C7H17F3Si2/c1-11(2,3)6-12(4,5)7(8,9)10/h6H2,1-5H3. The normalized spacial score (nSPS) is 15.0. The van der Waals surface area contributed by atoms with Gasteiger partial charge in [0, 0.05) is 8.07 Å². The molecule has 0 aliphatic heterocycles. The van der Waals surface area contributed by atoms with Crippen molar-refractivity contribution >= 4 is 16.1 Å². The van der Waals surface area contributed by atoms with Crippen LogP contribution in [-0.2, 0) is 0 Å². The van der Waals surface area contributed by atoms with E-state index >= 15 is 0 Å². The van der Waals surface area contributed by atoms with E-state index in [0.29, 0.717) is 5.67 Å². The molecule has 0 aromatic heterocycles. The molecule has 0 amide bonds. The van der Waals surface area contributed by atoms with Gasteiger partial charge in [0.2, 0.25) is 0 Å². The van der Waals surface area contributed by atoms with Gasteiger partial charge in [-0.1, -0.05) is 38.4 Å². The number of hydrogen-bond acceptors (Lipinski definition) is 0. The highest BCUT2D eigenvalue weighted by molar-refractivity contribution is 6.95. The van der Waals surface area contributed by atoms with E-state index in [1.807, 2.05) is 19.6 Å². The van der Waals surface area contributed by atoms with Gasteiger partial charge in [-0.2, -0.15) is 13.2 Å². The van der Waals surface area contributed by atoms with E-state index in [1.54, 1.807) is 0 Å². The van der Waals surface area contributed by atoms with Crippen molar-refractivity contribution in [1.29, 1.82) is 0 Å². The van der Waals surface area contributed by atoms with Crippen LogP contribution < -0.4 is 0 Å². The molecular weight excluding hydrogens is 197 g/mol. The van der Waals surface area contributed by atoms with Crippen LogP contribution in [0.3, 0.4) is 0 Å². The minimum Gasteiger partial charge on any atom is -0.177 e. The van der Waals surface area contributed by atoms with Crippen molar-refractivity contribution < 1.29 is 13.2 Å². The predicted octanol–water partition coefficient (Wildman–Crippen LogP) is 3.67. The first-order valence-corrected chi connectivity index (χ1v) is 10.9. The lowest BCUT2D eigenvalue weighted by Gasteiger charge is -2.30. The molecule has 0 bridgehead atoms. The lowest BCUT2D eigenvalue weighted by atomic mass is 11.5. The topological polar surface area (TPSA) is 0 Å². The summed E-state index contributed by atoms with van der Waals surface area (Å²) in [5.41, 5.74) is 0.434. The highest BCUT2D eigenvalue weighted by Gasteiger charge is 2.50. The monoisotopic (exact) mass is 214 g/mol. The molecule has 0 saturated heterocycles. The Bertz CT molecular complexity index is 155. The molecule has 0 saturated carbocycles. The van der Waals surface area contributed by atoms with Crippen LogP contribution in [0.2, 0.25) is 38.4 Å². The van der Waals surface area contributed by atoms with Gasteiger partial charge in [0.1, 0.15) is 0 Å². The zero-order valence-corrected chi connectivity index (χ0v) is 10.3. The van der Waals surface area contributed by atoms with Gasteiger partial charge in [0.15, 0.2) is 8.07 Å². The molecular formula is C7H17F3Si2. The van der Waals surface area contributed by atoms with E-state index in [2.05, 4.69) is 0 Å². The Morgan fingerprint density at radius 2 is 1.25 bits per heavy atom. The summed E-state index contributed by atoms with van der Waals surface area (Å²) < 4.78 is 37.3. The number of hydrogen-bond donors (Lipinski definition) is 0. The van der Waals surface area contributed by atoms with Gasteiger partial charge < -0.3 is 0 Å². The third-order valence-electron chi connectivity index (χ3n) is 1.74. The van der Waals surface area contributed by atoms with Gasteiger partial charge >= 0.3 is 5.80 Å². The van der Waals surface area contributed by atoms with Crippen LogP contribution in [0.15, 0.2) is 0 Å². The van der Waals surface area contributed by atoms with Crippen molar-refractivity contribution in [2.45, 2.75) is 44.2 Å². The molecule has 0 nitrogen and oxygen atoms in total. The number of rotatable bonds is 2. The number of alkyl halides is 3. The first-order chi connectivity index (χ1) is 4.96. The van der Waals surface area contributed by atoms with E-state index < -0.39 is 21.9 Å². The Morgan fingerprint density at radius 1 is 0.917 bits per heavy atom. The largest absolute Gasteiger partial charge is 0.360 e. The van der Waals surface area contributed by atoms with Gasteiger partial charge in [0.25, 0.3) is 0 Å². The maximum absolute atomic E-state index is 12.4. The molecule has 0 unspecified atom stereocenters. The smallest absolute Gasteiger partial charge is 0.177 e. The fourth-order valence-electron chi connectivity index (χ4n) is 1.43. The summed E-state index contributed by atoms with van der Waals surface area (Å²) >= 11 is 0. The summed E-state index contributed by atoms with van der Waals surface area (Å²) in [6.07, 6.45) is 0. The third-order valence-corrected chi connectivity index (χ3v) is 11.1. The lowest BCUT2D eigenvalue weighted by molar-refractivity contribution is -0.0556. The van der Waals surface area contributed by atoms with Crippen LogP contribution in [-0.4, -0.2) is 21.9 Å². The molecule has 0 rings (SSSR count).